The highest BCUT2D eigenvalue weighted by Gasteiger charge is 2.18. The van der Waals surface area contributed by atoms with E-state index in [-0.39, 0.29) is 6.04 Å². The number of hydrogen-bond donors (Lipinski definition) is 6. The minimum absolute atomic E-state index is 0.355. The second kappa shape index (κ2) is 21.5. The highest BCUT2D eigenvalue weighted by molar-refractivity contribution is 7.80. The van der Waals surface area contributed by atoms with Crippen molar-refractivity contribution in [1.29, 1.82) is 0 Å². The average molecular weight is 452 g/mol. The first-order valence-corrected chi connectivity index (χ1v) is 11.0. The Hall–Kier alpha value is -1.74. The van der Waals surface area contributed by atoms with E-state index in [0.29, 0.717) is 25.4 Å². The van der Waals surface area contributed by atoms with Crippen LogP contribution in [-0.2, 0) is 17.8 Å². The summed E-state index contributed by atoms with van der Waals surface area (Å²) in [7, 11) is 0. The van der Waals surface area contributed by atoms with E-state index in [9.17, 15) is 5.11 Å². The maximum Gasteiger partial charge on any atom is 0.106 e. The minimum Gasteiger partial charge on any atom is -0.390 e. The topological polar surface area (TPSA) is 108 Å². The van der Waals surface area contributed by atoms with Crippen LogP contribution in [0.25, 0.3) is 0 Å². The van der Waals surface area contributed by atoms with Crippen LogP contribution in [-0.4, -0.2) is 42.3 Å². The Bertz CT molecular complexity index is 628. The summed E-state index contributed by atoms with van der Waals surface area (Å²) in [5.41, 5.74) is 9.81. The van der Waals surface area contributed by atoms with E-state index in [1.54, 1.807) is 0 Å². The number of nitrogens with two attached hydrogens (primary N) is 1. The van der Waals surface area contributed by atoms with Crippen LogP contribution < -0.4 is 16.5 Å². The number of hydrogen-bond acceptors (Lipinski definition) is 7. The molecule has 2 unspecified atom stereocenters. The van der Waals surface area contributed by atoms with Crippen LogP contribution in [0.2, 0.25) is 0 Å². The molecule has 31 heavy (non-hydrogen) atoms. The van der Waals surface area contributed by atoms with Crippen LogP contribution in [0.3, 0.4) is 0 Å². The Labute approximate surface area is 193 Å². The molecule has 176 valence electrons. The number of hydroxylamine groups is 1. The number of benzene rings is 2. The Morgan fingerprint density at radius 1 is 0.968 bits per heavy atom. The molecule has 0 aromatic heterocycles. The van der Waals surface area contributed by atoms with Crippen molar-refractivity contribution in [3.8, 4) is 0 Å². The summed E-state index contributed by atoms with van der Waals surface area (Å²) in [6.45, 7) is 12.2. The lowest BCUT2D eigenvalue weighted by Crippen LogP contribution is -2.45. The molecule has 0 aliphatic rings. The van der Waals surface area contributed by atoms with Crippen molar-refractivity contribution in [2.75, 3.05) is 13.1 Å². The molecule has 0 aliphatic heterocycles. The van der Waals surface area contributed by atoms with E-state index in [1.165, 1.54) is 0 Å². The van der Waals surface area contributed by atoms with Gasteiger partial charge in [-0.2, -0.15) is 5.48 Å². The van der Waals surface area contributed by atoms with Gasteiger partial charge in [0.2, 0.25) is 0 Å². The molecule has 6 nitrogen and oxygen atoms in total. The Morgan fingerprint density at radius 2 is 1.52 bits per heavy atom. The molecule has 7 heteroatoms. The predicted molar refractivity (Wildman–Crippen MR) is 133 cm³/mol. The summed E-state index contributed by atoms with van der Waals surface area (Å²) >= 11 is 4.13. The normalized spacial score (nSPS) is 11.6. The molecule has 2 atom stereocenters. The van der Waals surface area contributed by atoms with Crippen molar-refractivity contribution in [3.63, 3.8) is 0 Å². The lowest BCUT2D eigenvalue weighted by Gasteiger charge is -2.22. The third kappa shape index (κ3) is 16.6. The molecule has 0 spiro atoms. The number of nitrogens with one attached hydrogen (secondary N) is 2. The summed E-state index contributed by atoms with van der Waals surface area (Å²) in [5, 5.41) is 22.3. The van der Waals surface area contributed by atoms with E-state index >= 15 is 0 Å². The fourth-order valence-electron chi connectivity index (χ4n) is 2.43. The van der Waals surface area contributed by atoms with Gasteiger partial charge in [-0.05, 0) is 42.1 Å². The maximum absolute atomic E-state index is 10.00. The molecule has 0 saturated carbocycles. The predicted octanol–water partition coefficient (Wildman–Crippen LogP) is 3.46. The maximum atomic E-state index is 10.00. The van der Waals surface area contributed by atoms with Gasteiger partial charge < -0.3 is 26.2 Å². The highest BCUT2D eigenvalue weighted by atomic mass is 32.1. The second-order valence-electron chi connectivity index (χ2n) is 6.92. The molecule has 0 fully saturated rings. The van der Waals surface area contributed by atoms with Gasteiger partial charge in [-0.15, -0.1) is 12.6 Å². The van der Waals surface area contributed by atoms with Crippen molar-refractivity contribution in [2.45, 2.75) is 57.7 Å². The smallest absolute Gasteiger partial charge is 0.106 e. The zero-order valence-corrected chi connectivity index (χ0v) is 20.2. The first-order chi connectivity index (χ1) is 15.0. The second-order valence-corrected chi connectivity index (χ2v) is 7.43. The van der Waals surface area contributed by atoms with Gasteiger partial charge in [-0.3, -0.25) is 0 Å². The van der Waals surface area contributed by atoms with Gasteiger partial charge in [0.15, 0.2) is 0 Å². The van der Waals surface area contributed by atoms with Crippen molar-refractivity contribution in [1.82, 2.24) is 10.8 Å². The zero-order valence-electron chi connectivity index (χ0n) is 19.3. The van der Waals surface area contributed by atoms with E-state index in [2.05, 4.69) is 37.3 Å². The molecule has 6 N–H and O–H groups in total. The van der Waals surface area contributed by atoms with Gasteiger partial charge >= 0.3 is 0 Å². The van der Waals surface area contributed by atoms with Gasteiger partial charge in [0.25, 0.3) is 0 Å². The van der Waals surface area contributed by atoms with Crippen molar-refractivity contribution < 1.29 is 15.1 Å². The van der Waals surface area contributed by atoms with Crippen molar-refractivity contribution in [3.05, 3.63) is 65.7 Å². The molecule has 0 radical (unpaired) electrons. The van der Waals surface area contributed by atoms with Crippen LogP contribution >= 0.6 is 12.6 Å². The van der Waals surface area contributed by atoms with Crippen LogP contribution in [0.4, 0.5) is 0 Å². The quantitative estimate of drug-likeness (QED) is 0.258. The number of aliphatic hydroxyl groups is 1. The monoisotopic (exact) mass is 451 g/mol. The number of thiol groups is 1. The van der Waals surface area contributed by atoms with E-state index in [4.69, 9.17) is 15.7 Å². The van der Waals surface area contributed by atoms with Gasteiger partial charge in [0, 0.05) is 18.0 Å². The Balaban J connectivity index is 0. The molecular formula is C24H41N3O3S. The third-order valence-corrected chi connectivity index (χ3v) is 4.30. The van der Waals surface area contributed by atoms with Crippen LogP contribution in [0.1, 0.15) is 38.8 Å². The number of aliphatic hydroxyl groups excluding tert-OH is 1. The van der Waals surface area contributed by atoms with Gasteiger partial charge in [-0.25, -0.2) is 0 Å². The molecule has 0 aliphatic carbocycles. The highest BCUT2D eigenvalue weighted by Crippen LogP contribution is 2.07. The molecule has 2 aromatic carbocycles. The van der Waals surface area contributed by atoms with Crippen LogP contribution in [0, 0.1) is 5.92 Å². The Kier molecular flexibility index (Phi) is 21.8. The molecule has 2 aromatic rings. The molecule has 2 rings (SSSR count). The molecular weight excluding hydrogens is 410 g/mol. The standard InChI is InChI=1S/C14H24N2O2.C7H9NS.C2H6.CH2O/c1-11(2)9-15-10-14(17)13(16-18)8-12-6-4-3-5-7-12;8-5-6-1-3-7(9)4-2-6;2*1-2/h3-7,11,13-18H,8-10H2,1-2H3;1-4,9H,5,8H2;1-2H3;1H2. The number of carbonyl (C=O) groups is 1. The van der Waals surface area contributed by atoms with E-state index in [0.717, 1.165) is 22.6 Å². The zero-order chi connectivity index (χ0) is 24.1. The third-order valence-electron chi connectivity index (χ3n) is 4.01. The Morgan fingerprint density at radius 3 is 1.97 bits per heavy atom. The summed E-state index contributed by atoms with van der Waals surface area (Å²) in [6.07, 6.45) is -0.0176. The minimum atomic E-state index is -0.617. The van der Waals surface area contributed by atoms with E-state index in [1.807, 2.05) is 75.2 Å². The van der Waals surface area contributed by atoms with E-state index < -0.39 is 6.10 Å². The SMILES string of the molecule is C=O.CC.CC(C)CNCC(O)C(Cc1ccccc1)NO.NCc1ccc(S)cc1. The van der Waals surface area contributed by atoms with Crippen molar-refractivity contribution >= 4 is 19.4 Å². The lowest BCUT2D eigenvalue weighted by atomic mass is 10.0. The van der Waals surface area contributed by atoms with Crippen LogP contribution in [0.5, 0.6) is 0 Å². The summed E-state index contributed by atoms with van der Waals surface area (Å²) < 4.78 is 0. The van der Waals surface area contributed by atoms with Gasteiger partial charge in [0.05, 0.1) is 12.1 Å². The number of rotatable bonds is 9. The van der Waals surface area contributed by atoms with Crippen LogP contribution in [0.15, 0.2) is 59.5 Å². The first-order valence-electron chi connectivity index (χ1n) is 10.6. The van der Waals surface area contributed by atoms with Gasteiger partial charge in [0.1, 0.15) is 6.79 Å². The molecule has 0 heterocycles. The fourth-order valence-corrected chi connectivity index (χ4v) is 2.58. The molecule has 0 bridgehead atoms. The first kappa shape index (κ1) is 31.4. The largest absolute Gasteiger partial charge is 0.390 e. The summed E-state index contributed by atoms with van der Waals surface area (Å²) in [5.74, 6) is 0.548. The van der Waals surface area contributed by atoms with Crippen molar-refractivity contribution in [2.24, 2.45) is 11.7 Å². The fraction of sp³-hybridized carbons (Fsp3) is 0.458. The lowest BCUT2D eigenvalue weighted by molar-refractivity contribution is -0.0980. The number of carbonyl (C=O) groups excluding carboxylic acids is 1. The summed E-state index contributed by atoms with van der Waals surface area (Å²) in [4.78, 5) is 8.98. The molecule has 0 saturated heterocycles. The molecule has 0 amide bonds. The summed E-state index contributed by atoms with van der Waals surface area (Å²) in [6, 6.07) is 17.3. The van der Waals surface area contributed by atoms with Gasteiger partial charge in [-0.1, -0.05) is 70.2 Å². The average Bonchev–Trinajstić information content (AvgIpc) is 2.81.